The van der Waals surface area contributed by atoms with Crippen molar-refractivity contribution in [3.8, 4) is 11.5 Å². The Kier molecular flexibility index (Phi) is 3.99. The third-order valence-corrected chi connectivity index (χ3v) is 2.99. The molecule has 0 fully saturated rings. The second-order valence-corrected chi connectivity index (χ2v) is 4.50. The van der Waals surface area contributed by atoms with Crippen molar-refractivity contribution in [2.45, 2.75) is 0 Å². The lowest BCUT2D eigenvalue weighted by Crippen LogP contribution is -1.88. The predicted molar refractivity (Wildman–Crippen MR) is 76.1 cm³/mol. The number of aliphatic imine (C=N–C) groups is 1. The maximum Gasteiger partial charge on any atom is 0.172 e. The first-order valence-corrected chi connectivity index (χ1v) is 6.15. The predicted octanol–water partition coefficient (Wildman–Crippen LogP) is 3.91. The van der Waals surface area contributed by atoms with Crippen LogP contribution in [0, 0.1) is 0 Å². The Labute approximate surface area is 114 Å². The van der Waals surface area contributed by atoms with E-state index in [0.29, 0.717) is 10.2 Å². The lowest BCUT2D eigenvalue weighted by atomic mass is 10.2. The van der Waals surface area contributed by atoms with Gasteiger partial charge in [-0.1, -0.05) is 18.2 Å². The second-order valence-electron chi connectivity index (χ2n) is 3.65. The summed E-state index contributed by atoms with van der Waals surface area (Å²) in [7, 11) is 1.51. The van der Waals surface area contributed by atoms with Crippen LogP contribution in [0.3, 0.4) is 0 Å². The zero-order valence-corrected chi connectivity index (χ0v) is 11.4. The molecule has 2 aromatic carbocycles. The number of nitrogens with zero attached hydrogens (tertiary/aromatic N) is 1. The SMILES string of the molecule is COc1cc(C=Nc2ccccc2)cc(Br)c1O. The van der Waals surface area contributed by atoms with Crippen LogP contribution in [0.25, 0.3) is 0 Å². The smallest absolute Gasteiger partial charge is 0.172 e. The van der Waals surface area contributed by atoms with Crippen molar-refractivity contribution in [2.24, 2.45) is 4.99 Å². The minimum Gasteiger partial charge on any atom is -0.503 e. The molecular formula is C14H12BrNO2. The Hall–Kier alpha value is -1.81. The molecule has 0 aromatic heterocycles. The van der Waals surface area contributed by atoms with Crippen LogP contribution in [-0.4, -0.2) is 18.4 Å². The minimum atomic E-state index is 0.0920. The van der Waals surface area contributed by atoms with Crippen LogP contribution in [0.15, 0.2) is 51.9 Å². The Morgan fingerprint density at radius 2 is 1.94 bits per heavy atom. The van der Waals surface area contributed by atoms with Crippen molar-refractivity contribution < 1.29 is 9.84 Å². The maximum absolute atomic E-state index is 9.69. The van der Waals surface area contributed by atoms with Gasteiger partial charge in [-0.05, 0) is 45.8 Å². The first-order chi connectivity index (χ1) is 8.70. The Bertz CT molecular complexity index is 568. The highest BCUT2D eigenvalue weighted by atomic mass is 79.9. The standard InChI is InChI=1S/C14H12BrNO2/c1-18-13-8-10(7-12(15)14(13)17)9-16-11-5-3-2-4-6-11/h2-9,17H,1H3. The van der Waals surface area contributed by atoms with Gasteiger partial charge in [-0.3, -0.25) is 4.99 Å². The van der Waals surface area contributed by atoms with E-state index in [4.69, 9.17) is 4.74 Å². The zero-order chi connectivity index (χ0) is 13.0. The number of para-hydroxylation sites is 1. The summed E-state index contributed by atoms with van der Waals surface area (Å²) >= 11 is 3.27. The van der Waals surface area contributed by atoms with Gasteiger partial charge in [0.2, 0.25) is 0 Å². The summed E-state index contributed by atoms with van der Waals surface area (Å²) in [4.78, 5) is 4.34. The van der Waals surface area contributed by atoms with Crippen LogP contribution in [-0.2, 0) is 0 Å². The van der Waals surface area contributed by atoms with Gasteiger partial charge in [0.25, 0.3) is 0 Å². The highest BCUT2D eigenvalue weighted by molar-refractivity contribution is 9.10. The van der Waals surface area contributed by atoms with Gasteiger partial charge in [-0.15, -0.1) is 0 Å². The van der Waals surface area contributed by atoms with Crippen molar-refractivity contribution in [3.05, 3.63) is 52.5 Å². The molecule has 2 rings (SSSR count). The molecule has 0 unspecified atom stereocenters. The summed E-state index contributed by atoms with van der Waals surface area (Å²) in [5.74, 6) is 0.508. The van der Waals surface area contributed by atoms with Gasteiger partial charge >= 0.3 is 0 Å². The third kappa shape index (κ3) is 2.90. The molecule has 0 aliphatic heterocycles. The molecule has 0 spiro atoms. The van der Waals surface area contributed by atoms with Gasteiger partial charge < -0.3 is 9.84 Å². The lowest BCUT2D eigenvalue weighted by Gasteiger charge is -2.06. The first-order valence-electron chi connectivity index (χ1n) is 5.36. The number of halogens is 1. The minimum absolute atomic E-state index is 0.0920. The zero-order valence-electron chi connectivity index (χ0n) is 9.80. The molecule has 3 nitrogen and oxygen atoms in total. The van der Waals surface area contributed by atoms with Crippen LogP contribution in [0.1, 0.15) is 5.56 Å². The number of ether oxygens (including phenoxy) is 1. The highest BCUT2D eigenvalue weighted by Gasteiger charge is 2.07. The number of rotatable bonds is 3. The van der Waals surface area contributed by atoms with Gasteiger partial charge in [0.1, 0.15) is 0 Å². The van der Waals surface area contributed by atoms with Gasteiger partial charge in [0.05, 0.1) is 17.3 Å². The van der Waals surface area contributed by atoms with Crippen molar-refractivity contribution in [1.29, 1.82) is 0 Å². The van der Waals surface area contributed by atoms with E-state index in [1.54, 1.807) is 18.3 Å². The van der Waals surface area contributed by atoms with Gasteiger partial charge in [-0.25, -0.2) is 0 Å². The van der Waals surface area contributed by atoms with E-state index in [2.05, 4.69) is 20.9 Å². The second kappa shape index (κ2) is 5.69. The number of methoxy groups -OCH3 is 1. The molecule has 0 heterocycles. The molecule has 0 bridgehead atoms. The largest absolute Gasteiger partial charge is 0.503 e. The number of phenolic OH excluding ortho intramolecular Hbond substituents is 1. The lowest BCUT2D eigenvalue weighted by molar-refractivity contribution is 0.372. The average molecular weight is 306 g/mol. The summed E-state index contributed by atoms with van der Waals surface area (Å²) in [6.07, 6.45) is 1.72. The van der Waals surface area contributed by atoms with Crippen molar-refractivity contribution in [3.63, 3.8) is 0 Å². The molecule has 18 heavy (non-hydrogen) atoms. The normalized spacial score (nSPS) is 10.8. The molecule has 2 aromatic rings. The van der Waals surface area contributed by atoms with Crippen LogP contribution < -0.4 is 4.74 Å². The first kappa shape index (κ1) is 12.6. The molecule has 92 valence electrons. The monoisotopic (exact) mass is 305 g/mol. The Morgan fingerprint density at radius 1 is 1.22 bits per heavy atom. The fourth-order valence-electron chi connectivity index (χ4n) is 1.49. The molecule has 0 saturated carbocycles. The molecule has 1 N–H and O–H groups in total. The Balaban J connectivity index is 2.30. The van der Waals surface area contributed by atoms with Crippen molar-refractivity contribution in [2.75, 3.05) is 7.11 Å². The van der Waals surface area contributed by atoms with E-state index in [0.717, 1.165) is 11.3 Å². The van der Waals surface area contributed by atoms with Crippen molar-refractivity contribution in [1.82, 2.24) is 0 Å². The molecule has 0 atom stereocenters. The van der Waals surface area contributed by atoms with Crippen LogP contribution >= 0.6 is 15.9 Å². The molecular weight excluding hydrogens is 294 g/mol. The van der Waals surface area contributed by atoms with E-state index in [1.807, 2.05) is 30.3 Å². The topological polar surface area (TPSA) is 41.8 Å². The maximum atomic E-state index is 9.69. The molecule has 0 aliphatic rings. The molecule has 0 aliphatic carbocycles. The molecule has 0 saturated heterocycles. The molecule has 4 heteroatoms. The highest BCUT2D eigenvalue weighted by Crippen LogP contribution is 2.34. The van der Waals surface area contributed by atoms with E-state index in [-0.39, 0.29) is 5.75 Å². The van der Waals surface area contributed by atoms with Crippen LogP contribution in [0.2, 0.25) is 0 Å². The number of phenols is 1. The quantitative estimate of drug-likeness (QED) is 0.873. The molecule has 0 radical (unpaired) electrons. The number of hydrogen-bond acceptors (Lipinski definition) is 3. The van der Waals surface area contributed by atoms with E-state index in [9.17, 15) is 5.11 Å². The summed E-state index contributed by atoms with van der Waals surface area (Å²) < 4.78 is 5.66. The van der Waals surface area contributed by atoms with Gasteiger partial charge in [0, 0.05) is 6.21 Å². The third-order valence-electron chi connectivity index (χ3n) is 2.39. The number of hydrogen-bond donors (Lipinski definition) is 1. The number of benzene rings is 2. The fourth-order valence-corrected chi connectivity index (χ4v) is 1.95. The van der Waals surface area contributed by atoms with E-state index >= 15 is 0 Å². The Morgan fingerprint density at radius 3 is 2.61 bits per heavy atom. The van der Waals surface area contributed by atoms with Crippen LogP contribution in [0.4, 0.5) is 5.69 Å². The van der Waals surface area contributed by atoms with Crippen molar-refractivity contribution >= 4 is 27.8 Å². The fraction of sp³-hybridized carbons (Fsp3) is 0.0714. The molecule has 0 amide bonds. The van der Waals surface area contributed by atoms with Crippen LogP contribution in [0.5, 0.6) is 11.5 Å². The summed E-state index contributed by atoms with van der Waals surface area (Å²) in [5, 5.41) is 9.69. The van der Waals surface area contributed by atoms with E-state index < -0.39 is 0 Å². The summed E-state index contributed by atoms with van der Waals surface area (Å²) in [5.41, 5.74) is 1.72. The van der Waals surface area contributed by atoms with Gasteiger partial charge in [0.15, 0.2) is 11.5 Å². The van der Waals surface area contributed by atoms with E-state index in [1.165, 1.54) is 7.11 Å². The number of aromatic hydroxyl groups is 1. The van der Waals surface area contributed by atoms with Gasteiger partial charge in [-0.2, -0.15) is 0 Å². The summed E-state index contributed by atoms with van der Waals surface area (Å²) in [6, 6.07) is 13.2. The summed E-state index contributed by atoms with van der Waals surface area (Å²) in [6.45, 7) is 0. The average Bonchev–Trinajstić information content (AvgIpc) is 2.41.